The molecule has 2 aromatic heterocycles. The second kappa shape index (κ2) is 5.57. The molecule has 0 saturated heterocycles. The minimum Gasteiger partial charge on any atom is -0.206 e. The SMILES string of the molecule is Cc1c(-c2cc[n+](C)n2C)c(F)cc(F)c1-c1cccc[n+]1C. The van der Waals surface area contributed by atoms with Crippen molar-refractivity contribution in [3.8, 4) is 22.5 Å². The largest absolute Gasteiger partial charge is 0.215 e. The van der Waals surface area contributed by atoms with Gasteiger partial charge in [0.1, 0.15) is 24.4 Å². The van der Waals surface area contributed by atoms with Crippen LogP contribution in [0.1, 0.15) is 5.56 Å². The second-order valence-electron chi connectivity index (χ2n) is 5.71. The normalized spacial score (nSPS) is 11.0. The Labute approximate surface area is 134 Å². The summed E-state index contributed by atoms with van der Waals surface area (Å²) in [6.45, 7) is 1.76. The molecule has 0 aliphatic rings. The van der Waals surface area contributed by atoms with Gasteiger partial charge in [-0.3, -0.25) is 0 Å². The highest BCUT2D eigenvalue weighted by atomic mass is 19.1. The van der Waals surface area contributed by atoms with Crippen LogP contribution in [0.3, 0.4) is 0 Å². The van der Waals surface area contributed by atoms with Crippen LogP contribution in [0.2, 0.25) is 0 Å². The topological polar surface area (TPSA) is 12.7 Å². The Morgan fingerprint density at radius 1 is 0.957 bits per heavy atom. The summed E-state index contributed by atoms with van der Waals surface area (Å²) in [7, 11) is 5.57. The fourth-order valence-corrected chi connectivity index (χ4v) is 2.95. The van der Waals surface area contributed by atoms with Gasteiger partial charge in [-0.1, -0.05) is 0 Å². The Morgan fingerprint density at radius 3 is 2.26 bits per heavy atom. The van der Waals surface area contributed by atoms with Gasteiger partial charge in [0.25, 0.3) is 0 Å². The van der Waals surface area contributed by atoms with Crippen molar-refractivity contribution in [2.24, 2.45) is 21.1 Å². The highest BCUT2D eigenvalue weighted by molar-refractivity contribution is 5.75. The lowest BCUT2D eigenvalue weighted by Crippen LogP contribution is -2.36. The van der Waals surface area contributed by atoms with Crippen molar-refractivity contribution in [3.05, 3.63) is 59.9 Å². The zero-order valence-electron chi connectivity index (χ0n) is 13.6. The van der Waals surface area contributed by atoms with Crippen molar-refractivity contribution >= 4 is 0 Å². The Kier molecular flexibility index (Phi) is 3.72. The molecule has 0 aliphatic heterocycles. The summed E-state index contributed by atoms with van der Waals surface area (Å²) < 4.78 is 34.5. The van der Waals surface area contributed by atoms with E-state index in [1.165, 1.54) is 0 Å². The number of aryl methyl sites for hydroxylation is 2. The van der Waals surface area contributed by atoms with Crippen LogP contribution in [0.25, 0.3) is 22.5 Å². The van der Waals surface area contributed by atoms with E-state index < -0.39 is 11.6 Å². The molecule has 0 fully saturated rings. The summed E-state index contributed by atoms with van der Waals surface area (Å²) in [5.41, 5.74) is 2.86. The molecule has 2 heterocycles. The summed E-state index contributed by atoms with van der Waals surface area (Å²) in [5, 5.41) is 0. The molecule has 0 amide bonds. The van der Waals surface area contributed by atoms with E-state index in [4.69, 9.17) is 0 Å². The predicted octanol–water partition coefficient (Wildman–Crippen LogP) is 2.59. The average Bonchev–Trinajstić information content (AvgIpc) is 2.81. The molecule has 1 aromatic carbocycles. The summed E-state index contributed by atoms with van der Waals surface area (Å²) in [4.78, 5) is 0. The third kappa shape index (κ3) is 2.42. The van der Waals surface area contributed by atoms with Gasteiger partial charge in [0.2, 0.25) is 5.69 Å². The van der Waals surface area contributed by atoms with Crippen molar-refractivity contribution < 1.29 is 18.0 Å². The summed E-state index contributed by atoms with van der Waals surface area (Å²) >= 11 is 0. The third-order valence-corrected chi connectivity index (χ3v) is 4.32. The number of hydrogen-bond acceptors (Lipinski definition) is 0. The number of rotatable bonds is 2. The molecule has 23 heavy (non-hydrogen) atoms. The maximum absolute atomic E-state index is 14.5. The van der Waals surface area contributed by atoms with E-state index in [9.17, 15) is 8.78 Å². The van der Waals surface area contributed by atoms with Crippen molar-refractivity contribution in [1.29, 1.82) is 0 Å². The van der Waals surface area contributed by atoms with Gasteiger partial charge in [0.15, 0.2) is 19.4 Å². The minimum atomic E-state index is -0.552. The molecule has 0 unspecified atom stereocenters. The van der Waals surface area contributed by atoms with Crippen molar-refractivity contribution in [3.63, 3.8) is 0 Å². The van der Waals surface area contributed by atoms with Crippen LogP contribution >= 0.6 is 0 Å². The van der Waals surface area contributed by atoms with E-state index in [-0.39, 0.29) is 0 Å². The number of nitrogens with zero attached hydrogens (tertiary/aromatic N) is 3. The molecule has 5 heteroatoms. The Hall–Kier alpha value is -2.56. The van der Waals surface area contributed by atoms with Crippen molar-refractivity contribution in [2.75, 3.05) is 0 Å². The molecule has 3 aromatic rings. The Balaban J connectivity index is 2.34. The Morgan fingerprint density at radius 2 is 1.65 bits per heavy atom. The first-order valence-electron chi connectivity index (χ1n) is 7.37. The molecule has 118 valence electrons. The van der Waals surface area contributed by atoms with Crippen LogP contribution < -0.4 is 9.25 Å². The molecule has 0 N–H and O–H groups in total. The van der Waals surface area contributed by atoms with E-state index in [2.05, 4.69) is 0 Å². The first-order valence-corrected chi connectivity index (χ1v) is 7.37. The lowest BCUT2D eigenvalue weighted by molar-refractivity contribution is -0.750. The lowest BCUT2D eigenvalue weighted by atomic mass is 9.96. The fourth-order valence-electron chi connectivity index (χ4n) is 2.95. The second-order valence-corrected chi connectivity index (χ2v) is 5.71. The van der Waals surface area contributed by atoms with Crippen molar-refractivity contribution in [2.45, 2.75) is 6.92 Å². The number of benzene rings is 1. The summed E-state index contributed by atoms with van der Waals surface area (Å²) in [6, 6.07) is 8.35. The van der Waals surface area contributed by atoms with E-state index in [0.717, 1.165) is 6.07 Å². The van der Waals surface area contributed by atoms with E-state index >= 15 is 0 Å². The maximum Gasteiger partial charge on any atom is 0.215 e. The van der Waals surface area contributed by atoms with Gasteiger partial charge < -0.3 is 0 Å². The van der Waals surface area contributed by atoms with Gasteiger partial charge in [0, 0.05) is 29.8 Å². The predicted molar refractivity (Wildman–Crippen MR) is 83.3 cm³/mol. The minimum absolute atomic E-state index is 0.424. The van der Waals surface area contributed by atoms with Gasteiger partial charge in [-0.2, -0.15) is 4.68 Å². The highest BCUT2D eigenvalue weighted by Crippen LogP contribution is 2.34. The molecular formula is C18H19F2N3+2. The van der Waals surface area contributed by atoms with Gasteiger partial charge >= 0.3 is 0 Å². The molecule has 3 nitrogen and oxygen atoms in total. The first-order chi connectivity index (χ1) is 10.9. The van der Waals surface area contributed by atoms with Crippen LogP contribution in [0.15, 0.2) is 42.7 Å². The zero-order chi connectivity index (χ0) is 16.7. The van der Waals surface area contributed by atoms with Crippen LogP contribution in [-0.4, -0.2) is 4.68 Å². The fraction of sp³-hybridized carbons (Fsp3) is 0.222. The average molecular weight is 315 g/mol. The number of halogens is 2. The van der Waals surface area contributed by atoms with Crippen LogP contribution in [-0.2, 0) is 21.1 Å². The lowest BCUT2D eigenvalue weighted by Gasteiger charge is -2.12. The van der Waals surface area contributed by atoms with E-state index in [1.54, 1.807) is 6.92 Å². The molecule has 0 radical (unpaired) electrons. The van der Waals surface area contributed by atoms with Gasteiger partial charge in [-0.15, -0.1) is 4.68 Å². The number of aromatic nitrogens is 3. The number of hydrogen-bond donors (Lipinski definition) is 0. The number of pyridine rings is 1. The molecule has 0 bridgehead atoms. The molecule has 0 atom stereocenters. The molecular weight excluding hydrogens is 296 g/mol. The van der Waals surface area contributed by atoms with Gasteiger partial charge in [0.05, 0.1) is 12.6 Å². The smallest absolute Gasteiger partial charge is 0.206 e. The van der Waals surface area contributed by atoms with Gasteiger partial charge in [-0.05, 0) is 18.6 Å². The molecule has 3 rings (SSSR count). The van der Waals surface area contributed by atoms with Crippen LogP contribution in [0, 0.1) is 18.6 Å². The van der Waals surface area contributed by atoms with Crippen LogP contribution in [0.4, 0.5) is 8.78 Å². The summed E-state index contributed by atoms with van der Waals surface area (Å²) in [5.74, 6) is -1.10. The maximum atomic E-state index is 14.5. The van der Waals surface area contributed by atoms with E-state index in [0.29, 0.717) is 28.1 Å². The first kappa shape index (κ1) is 15.3. The van der Waals surface area contributed by atoms with Gasteiger partial charge in [-0.25, -0.2) is 13.3 Å². The third-order valence-electron chi connectivity index (χ3n) is 4.32. The van der Waals surface area contributed by atoms with E-state index in [1.807, 2.05) is 71.7 Å². The Bertz CT molecular complexity index is 898. The standard InChI is InChI=1S/C18H19F2N3/c1-12-17(15-7-5-6-9-21(15)2)13(19)11-14(20)18(12)16-8-10-22(3)23(16)4/h5-11H,1-4H3/q+2. The molecule has 0 saturated carbocycles. The van der Waals surface area contributed by atoms with Crippen molar-refractivity contribution in [1.82, 2.24) is 4.68 Å². The quantitative estimate of drug-likeness (QED) is 0.645. The summed E-state index contributed by atoms with van der Waals surface area (Å²) in [6.07, 6.45) is 3.69. The molecule has 0 spiro atoms. The van der Waals surface area contributed by atoms with Crippen LogP contribution in [0.5, 0.6) is 0 Å². The molecule has 0 aliphatic carbocycles. The monoisotopic (exact) mass is 315 g/mol. The highest BCUT2D eigenvalue weighted by Gasteiger charge is 2.25. The zero-order valence-corrected chi connectivity index (χ0v) is 13.6.